The zero-order chi connectivity index (χ0) is 8.69. The van der Waals surface area contributed by atoms with Crippen LogP contribution in [0.5, 0.6) is 0 Å². The summed E-state index contributed by atoms with van der Waals surface area (Å²) in [4.78, 5) is 0. The van der Waals surface area contributed by atoms with E-state index < -0.39 is 0 Å². The summed E-state index contributed by atoms with van der Waals surface area (Å²) in [6.07, 6.45) is 9.01. The molecule has 11 heavy (non-hydrogen) atoms. The number of hydrogen-bond donors (Lipinski definition) is 0. The van der Waals surface area contributed by atoms with E-state index in [0.29, 0.717) is 0 Å². The van der Waals surface area contributed by atoms with Crippen LogP contribution >= 0.6 is 0 Å². The van der Waals surface area contributed by atoms with Crippen molar-refractivity contribution >= 4 is 0 Å². The van der Waals surface area contributed by atoms with E-state index in [4.69, 9.17) is 0 Å². The van der Waals surface area contributed by atoms with Crippen molar-refractivity contribution in [2.24, 2.45) is 0 Å². The van der Waals surface area contributed by atoms with E-state index in [9.17, 15) is 0 Å². The van der Waals surface area contributed by atoms with Gasteiger partial charge in [-0.1, -0.05) is 43.0 Å². The average Bonchev–Trinajstić information content (AvgIpc) is 1.98. The lowest BCUT2D eigenvalue weighted by atomic mass is 10.1. The Balaban J connectivity index is 3.86. The molecule has 0 spiro atoms. The molecule has 0 aromatic rings. The summed E-state index contributed by atoms with van der Waals surface area (Å²) in [5, 5.41) is 0. The monoisotopic (exact) mass is 148 g/mol. The summed E-state index contributed by atoms with van der Waals surface area (Å²) in [7, 11) is 0. The molecular formula is C11H16. The second-order valence-electron chi connectivity index (χ2n) is 2.52. The minimum Gasteiger partial charge on any atom is -0.0988 e. The van der Waals surface area contributed by atoms with Gasteiger partial charge in [-0.3, -0.25) is 0 Å². The molecule has 0 heteroatoms. The third-order valence-electron chi connectivity index (χ3n) is 1.39. The van der Waals surface area contributed by atoms with Crippen LogP contribution in [0.15, 0.2) is 48.6 Å². The summed E-state index contributed by atoms with van der Waals surface area (Å²) in [6, 6.07) is 0. The molecule has 0 bridgehead atoms. The molecule has 0 nitrogen and oxygen atoms in total. The van der Waals surface area contributed by atoms with Crippen molar-refractivity contribution in [3.63, 3.8) is 0 Å². The van der Waals surface area contributed by atoms with E-state index in [0.717, 1.165) is 12.0 Å². The molecule has 0 aromatic carbocycles. The molecule has 0 fully saturated rings. The highest BCUT2D eigenvalue weighted by Gasteiger charge is 1.83. The molecule has 0 N–H and O–H groups in total. The Morgan fingerprint density at radius 1 is 1.45 bits per heavy atom. The van der Waals surface area contributed by atoms with Gasteiger partial charge in [0, 0.05) is 0 Å². The SMILES string of the molecule is C=CC(=CC)CC=CC(=C)C. The second-order valence-corrected chi connectivity index (χ2v) is 2.52. The van der Waals surface area contributed by atoms with Crippen LogP contribution in [-0.4, -0.2) is 0 Å². The molecule has 0 saturated carbocycles. The van der Waals surface area contributed by atoms with E-state index in [1.54, 1.807) is 0 Å². The highest BCUT2D eigenvalue weighted by atomic mass is 13.9. The predicted molar refractivity (Wildman–Crippen MR) is 52.5 cm³/mol. The van der Waals surface area contributed by atoms with Gasteiger partial charge < -0.3 is 0 Å². The Hall–Kier alpha value is -1.04. The maximum Gasteiger partial charge on any atom is -0.00977 e. The second kappa shape index (κ2) is 5.72. The lowest BCUT2D eigenvalue weighted by Gasteiger charge is -1.93. The van der Waals surface area contributed by atoms with E-state index in [1.165, 1.54) is 5.57 Å². The van der Waals surface area contributed by atoms with Crippen LogP contribution < -0.4 is 0 Å². The van der Waals surface area contributed by atoms with Crippen molar-refractivity contribution in [1.82, 2.24) is 0 Å². The van der Waals surface area contributed by atoms with Crippen LogP contribution in [0.4, 0.5) is 0 Å². The topological polar surface area (TPSA) is 0 Å². The number of hydrogen-bond acceptors (Lipinski definition) is 0. The number of rotatable bonds is 4. The molecule has 0 heterocycles. The molecule has 0 unspecified atom stereocenters. The molecule has 0 radical (unpaired) electrons. The smallest absolute Gasteiger partial charge is 0.00977 e. The molecule has 0 amide bonds. The van der Waals surface area contributed by atoms with Crippen molar-refractivity contribution in [3.8, 4) is 0 Å². The Kier molecular flexibility index (Phi) is 5.18. The largest absolute Gasteiger partial charge is 0.0988 e. The lowest BCUT2D eigenvalue weighted by molar-refractivity contribution is 1.27. The molecule has 0 aliphatic heterocycles. The number of allylic oxidation sites excluding steroid dienone is 6. The third-order valence-corrected chi connectivity index (χ3v) is 1.39. The van der Waals surface area contributed by atoms with Gasteiger partial charge in [0.05, 0.1) is 0 Å². The summed E-state index contributed by atoms with van der Waals surface area (Å²) >= 11 is 0. The maximum atomic E-state index is 3.77. The van der Waals surface area contributed by atoms with Gasteiger partial charge in [0.15, 0.2) is 0 Å². The zero-order valence-corrected chi connectivity index (χ0v) is 7.43. The Morgan fingerprint density at radius 3 is 2.45 bits per heavy atom. The molecule has 0 atom stereocenters. The molecular weight excluding hydrogens is 132 g/mol. The van der Waals surface area contributed by atoms with Crippen molar-refractivity contribution in [3.05, 3.63) is 48.6 Å². The third kappa shape index (κ3) is 5.41. The van der Waals surface area contributed by atoms with Crippen LogP contribution in [0.2, 0.25) is 0 Å². The first-order valence-electron chi connectivity index (χ1n) is 3.80. The van der Waals surface area contributed by atoms with Gasteiger partial charge >= 0.3 is 0 Å². The normalized spacial score (nSPS) is 12.0. The fourth-order valence-electron chi connectivity index (χ4n) is 0.715. The molecule has 0 saturated heterocycles. The fraction of sp³-hybridized carbons (Fsp3) is 0.273. The van der Waals surface area contributed by atoms with Crippen molar-refractivity contribution in [1.29, 1.82) is 0 Å². The minimum atomic E-state index is 0.951. The fourth-order valence-corrected chi connectivity index (χ4v) is 0.715. The summed E-state index contributed by atoms with van der Waals surface area (Å²) < 4.78 is 0. The zero-order valence-electron chi connectivity index (χ0n) is 7.43. The average molecular weight is 148 g/mol. The van der Waals surface area contributed by atoms with Crippen LogP contribution in [-0.2, 0) is 0 Å². The Morgan fingerprint density at radius 2 is 2.09 bits per heavy atom. The standard InChI is InChI=1S/C11H16/c1-5-11(6-2)9-7-8-10(3)4/h5-8H,1,3,9H2,2,4H3. The van der Waals surface area contributed by atoms with Crippen molar-refractivity contribution in [2.75, 3.05) is 0 Å². The van der Waals surface area contributed by atoms with E-state index in [2.05, 4.69) is 25.3 Å². The van der Waals surface area contributed by atoms with Crippen LogP contribution in [0.1, 0.15) is 20.3 Å². The van der Waals surface area contributed by atoms with Crippen molar-refractivity contribution < 1.29 is 0 Å². The molecule has 0 rings (SSSR count). The first-order valence-corrected chi connectivity index (χ1v) is 3.80. The first kappa shape index (κ1) is 9.96. The van der Waals surface area contributed by atoms with Gasteiger partial charge in [0.2, 0.25) is 0 Å². The van der Waals surface area contributed by atoms with E-state index >= 15 is 0 Å². The van der Waals surface area contributed by atoms with Gasteiger partial charge in [0.25, 0.3) is 0 Å². The highest BCUT2D eigenvalue weighted by molar-refractivity contribution is 5.21. The van der Waals surface area contributed by atoms with Crippen LogP contribution in [0.3, 0.4) is 0 Å². The van der Waals surface area contributed by atoms with Gasteiger partial charge in [-0.05, 0) is 25.8 Å². The molecule has 0 aliphatic rings. The lowest BCUT2D eigenvalue weighted by Crippen LogP contribution is -1.72. The maximum absolute atomic E-state index is 3.77. The Bertz CT molecular complexity index is 192. The van der Waals surface area contributed by atoms with Gasteiger partial charge in [-0.25, -0.2) is 0 Å². The van der Waals surface area contributed by atoms with Gasteiger partial charge in [0.1, 0.15) is 0 Å². The predicted octanol–water partition coefficient (Wildman–Crippen LogP) is 3.64. The minimum absolute atomic E-state index is 0.951. The van der Waals surface area contributed by atoms with Gasteiger partial charge in [-0.15, -0.1) is 0 Å². The molecule has 60 valence electrons. The summed E-state index contributed by atoms with van der Waals surface area (Å²) in [5.74, 6) is 0. The molecule has 0 aliphatic carbocycles. The molecule has 0 aromatic heterocycles. The quantitative estimate of drug-likeness (QED) is 0.534. The summed E-state index contributed by atoms with van der Waals surface area (Å²) in [5.41, 5.74) is 2.34. The summed E-state index contributed by atoms with van der Waals surface area (Å²) in [6.45, 7) is 11.5. The first-order chi connectivity index (χ1) is 5.20. The Labute approximate surface area is 69.6 Å². The van der Waals surface area contributed by atoms with Gasteiger partial charge in [-0.2, -0.15) is 0 Å². The van der Waals surface area contributed by atoms with Crippen molar-refractivity contribution in [2.45, 2.75) is 20.3 Å². The van der Waals surface area contributed by atoms with E-state index in [-0.39, 0.29) is 0 Å². The highest BCUT2D eigenvalue weighted by Crippen LogP contribution is 2.03. The van der Waals surface area contributed by atoms with E-state index in [1.807, 2.05) is 26.0 Å². The van der Waals surface area contributed by atoms with Crippen LogP contribution in [0, 0.1) is 0 Å². The van der Waals surface area contributed by atoms with Crippen LogP contribution in [0.25, 0.3) is 0 Å².